The summed E-state index contributed by atoms with van der Waals surface area (Å²) in [6.07, 6.45) is 0. The number of aliphatic hydroxyl groups is 1. The summed E-state index contributed by atoms with van der Waals surface area (Å²) in [4.78, 5) is 0. The Labute approximate surface area is 199 Å². The molecule has 0 aliphatic rings. The maximum absolute atomic E-state index is 10.6. The highest BCUT2D eigenvalue weighted by Crippen LogP contribution is 2.39. The van der Waals surface area contributed by atoms with Crippen LogP contribution in [0.25, 0.3) is 39.3 Å². The monoisotopic (exact) mass is 446 g/mol. The molecule has 0 unspecified atom stereocenters. The van der Waals surface area contributed by atoms with Crippen LogP contribution >= 0.6 is 0 Å². The van der Waals surface area contributed by atoms with Crippen LogP contribution in [0.1, 0.15) is 12.5 Å². The van der Waals surface area contributed by atoms with Crippen LogP contribution < -0.4 is 4.74 Å². The van der Waals surface area contributed by atoms with Crippen molar-refractivity contribution in [2.24, 2.45) is 0 Å². The molecule has 1 aromatic heterocycles. The molecule has 0 aliphatic carbocycles. The Bertz CT molecular complexity index is 1390. The number of hydrogen-bond acceptors (Lipinski definition) is 3. The van der Waals surface area contributed by atoms with Gasteiger partial charge in [0, 0.05) is 16.7 Å². The van der Waals surface area contributed by atoms with Gasteiger partial charge in [0.2, 0.25) is 0 Å². The maximum atomic E-state index is 10.6. The van der Waals surface area contributed by atoms with Gasteiger partial charge in [-0.2, -0.15) is 5.10 Å². The van der Waals surface area contributed by atoms with Crippen LogP contribution in [0.15, 0.2) is 109 Å². The third-order valence-corrected chi connectivity index (χ3v) is 5.83. The van der Waals surface area contributed by atoms with Crippen molar-refractivity contribution in [2.45, 2.75) is 13.5 Å². The fourth-order valence-electron chi connectivity index (χ4n) is 4.33. The van der Waals surface area contributed by atoms with Crippen LogP contribution in [0.3, 0.4) is 0 Å². The van der Waals surface area contributed by atoms with Crippen LogP contribution in [-0.2, 0) is 6.61 Å². The predicted octanol–water partition coefficient (Wildman–Crippen LogP) is 6.76. The summed E-state index contributed by atoms with van der Waals surface area (Å²) < 4.78 is 7.67. The van der Waals surface area contributed by atoms with Crippen molar-refractivity contribution in [3.8, 4) is 45.1 Å². The van der Waals surface area contributed by atoms with Crippen molar-refractivity contribution in [2.75, 3.05) is 6.61 Å². The van der Waals surface area contributed by atoms with Crippen molar-refractivity contribution in [1.82, 2.24) is 9.78 Å². The molecule has 4 nitrogen and oxygen atoms in total. The van der Waals surface area contributed by atoms with Crippen molar-refractivity contribution in [3.63, 3.8) is 0 Å². The third-order valence-electron chi connectivity index (χ3n) is 5.83. The Morgan fingerprint density at radius 3 is 2.09 bits per heavy atom. The number of aromatic nitrogens is 2. The Hall–Kier alpha value is -4.15. The molecule has 4 heteroatoms. The first kappa shape index (κ1) is 21.7. The zero-order valence-corrected chi connectivity index (χ0v) is 19.1. The van der Waals surface area contributed by atoms with Gasteiger partial charge in [0.05, 0.1) is 30.3 Å². The van der Waals surface area contributed by atoms with Gasteiger partial charge in [-0.25, -0.2) is 4.68 Å². The minimum Gasteiger partial charge on any atom is -0.494 e. The minimum atomic E-state index is -0.125. The van der Waals surface area contributed by atoms with Gasteiger partial charge in [-0.05, 0) is 42.3 Å². The molecule has 0 saturated carbocycles. The molecule has 5 aromatic rings. The van der Waals surface area contributed by atoms with Crippen LogP contribution in [-0.4, -0.2) is 21.5 Å². The number of benzene rings is 4. The predicted molar refractivity (Wildman–Crippen MR) is 137 cm³/mol. The molecular formula is C30H26N2O2. The first-order chi connectivity index (χ1) is 16.8. The SMILES string of the molecule is CCOc1cccc(-c2ccccc2-c2nn(-c3ccccc3)c(-c3ccccc3)c2CO)c1. The summed E-state index contributed by atoms with van der Waals surface area (Å²) in [5.41, 5.74) is 7.44. The lowest BCUT2D eigenvalue weighted by molar-refractivity contribution is 0.283. The summed E-state index contributed by atoms with van der Waals surface area (Å²) in [6, 6.07) is 36.4. The molecule has 5 rings (SSSR count). The van der Waals surface area contributed by atoms with E-state index in [1.807, 2.05) is 90.5 Å². The van der Waals surface area contributed by atoms with E-state index in [-0.39, 0.29) is 6.61 Å². The first-order valence-corrected chi connectivity index (χ1v) is 11.5. The largest absolute Gasteiger partial charge is 0.494 e. The maximum Gasteiger partial charge on any atom is 0.119 e. The van der Waals surface area contributed by atoms with Crippen molar-refractivity contribution in [3.05, 3.63) is 115 Å². The van der Waals surface area contributed by atoms with Gasteiger partial charge < -0.3 is 9.84 Å². The molecule has 0 saturated heterocycles. The lowest BCUT2D eigenvalue weighted by atomic mass is 9.94. The highest BCUT2D eigenvalue weighted by atomic mass is 16.5. The molecule has 0 atom stereocenters. The standard InChI is InChI=1S/C30H26N2O2/c1-2-34-25-17-11-14-23(20-25)26-18-9-10-19-27(26)29-28(21-33)30(22-12-5-3-6-13-22)32(31-29)24-15-7-4-8-16-24/h3-20,33H,2,21H2,1H3. The van der Waals surface area contributed by atoms with E-state index < -0.39 is 0 Å². The number of nitrogens with zero attached hydrogens (tertiary/aromatic N) is 2. The van der Waals surface area contributed by atoms with E-state index in [9.17, 15) is 5.11 Å². The first-order valence-electron chi connectivity index (χ1n) is 11.5. The molecule has 34 heavy (non-hydrogen) atoms. The molecule has 1 N–H and O–H groups in total. The topological polar surface area (TPSA) is 47.3 Å². The normalized spacial score (nSPS) is 10.9. The van der Waals surface area contributed by atoms with Crippen molar-refractivity contribution >= 4 is 0 Å². The zero-order chi connectivity index (χ0) is 23.3. The summed E-state index contributed by atoms with van der Waals surface area (Å²) in [6.45, 7) is 2.47. The second kappa shape index (κ2) is 9.77. The van der Waals surface area contributed by atoms with Crippen LogP contribution in [0.5, 0.6) is 5.75 Å². The molecule has 0 aliphatic heterocycles. The van der Waals surface area contributed by atoms with Gasteiger partial charge in [0.15, 0.2) is 0 Å². The zero-order valence-electron chi connectivity index (χ0n) is 19.1. The van der Waals surface area contributed by atoms with E-state index in [0.29, 0.717) is 6.61 Å². The molecule has 0 bridgehead atoms. The molecule has 0 spiro atoms. The molecule has 0 amide bonds. The Morgan fingerprint density at radius 2 is 1.38 bits per heavy atom. The number of aliphatic hydroxyl groups excluding tert-OH is 1. The van der Waals surface area contributed by atoms with E-state index in [2.05, 4.69) is 30.3 Å². The van der Waals surface area contributed by atoms with Gasteiger partial charge in [-0.1, -0.05) is 84.9 Å². The van der Waals surface area contributed by atoms with Gasteiger partial charge in [0.1, 0.15) is 5.75 Å². The molecule has 1 heterocycles. The number of hydrogen-bond donors (Lipinski definition) is 1. The quantitative estimate of drug-likeness (QED) is 0.300. The number of ether oxygens (including phenoxy) is 1. The average molecular weight is 447 g/mol. The van der Waals surface area contributed by atoms with Crippen molar-refractivity contribution < 1.29 is 9.84 Å². The lowest BCUT2D eigenvalue weighted by Gasteiger charge is -2.11. The summed E-state index contributed by atoms with van der Waals surface area (Å²) in [7, 11) is 0. The molecule has 4 aromatic carbocycles. The Balaban J connectivity index is 1.75. The van der Waals surface area contributed by atoms with Gasteiger partial charge >= 0.3 is 0 Å². The number of para-hydroxylation sites is 1. The van der Waals surface area contributed by atoms with Crippen LogP contribution in [0.2, 0.25) is 0 Å². The van der Waals surface area contributed by atoms with E-state index in [0.717, 1.165) is 50.6 Å². The second-order valence-electron chi connectivity index (χ2n) is 7.95. The molecular weight excluding hydrogens is 420 g/mol. The Kier molecular flexibility index (Phi) is 6.23. The molecule has 168 valence electrons. The second-order valence-corrected chi connectivity index (χ2v) is 7.95. The van der Waals surface area contributed by atoms with Gasteiger partial charge in [0.25, 0.3) is 0 Å². The average Bonchev–Trinajstić information content (AvgIpc) is 3.30. The summed E-state index contributed by atoms with van der Waals surface area (Å²) >= 11 is 0. The Morgan fingerprint density at radius 1 is 0.735 bits per heavy atom. The fourth-order valence-corrected chi connectivity index (χ4v) is 4.33. The van der Waals surface area contributed by atoms with Crippen LogP contribution in [0, 0.1) is 0 Å². The third kappa shape index (κ3) is 4.12. The highest BCUT2D eigenvalue weighted by Gasteiger charge is 2.22. The fraction of sp³-hybridized carbons (Fsp3) is 0.100. The van der Waals surface area contributed by atoms with Gasteiger partial charge in [-0.3, -0.25) is 0 Å². The van der Waals surface area contributed by atoms with Crippen LogP contribution in [0.4, 0.5) is 0 Å². The smallest absolute Gasteiger partial charge is 0.119 e. The summed E-state index contributed by atoms with van der Waals surface area (Å²) in [5, 5.41) is 15.7. The van der Waals surface area contributed by atoms with Gasteiger partial charge in [-0.15, -0.1) is 0 Å². The van der Waals surface area contributed by atoms with E-state index in [4.69, 9.17) is 9.84 Å². The lowest BCUT2D eigenvalue weighted by Crippen LogP contribution is -1.99. The van der Waals surface area contributed by atoms with Crippen molar-refractivity contribution in [1.29, 1.82) is 0 Å². The number of rotatable bonds is 7. The van der Waals surface area contributed by atoms with E-state index in [1.54, 1.807) is 0 Å². The minimum absolute atomic E-state index is 0.125. The highest BCUT2D eigenvalue weighted by molar-refractivity contribution is 5.86. The molecule has 0 radical (unpaired) electrons. The molecule has 0 fully saturated rings. The van der Waals surface area contributed by atoms with E-state index in [1.165, 1.54) is 0 Å². The summed E-state index contributed by atoms with van der Waals surface area (Å²) in [5.74, 6) is 0.831. The van der Waals surface area contributed by atoms with E-state index >= 15 is 0 Å².